The molecule has 0 saturated carbocycles. The summed E-state index contributed by atoms with van der Waals surface area (Å²) in [5, 5.41) is 0. The molecule has 0 unspecified atom stereocenters. The molecule has 0 fully saturated rings. The molecule has 0 aromatic carbocycles. The van der Waals surface area contributed by atoms with Gasteiger partial charge in [0.05, 0.1) is 0 Å². The molecule has 0 N–H and O–H groups in total. The molecule has 0 spiro atoms. The molecule has 0 saturated heterocycles. The van der Waals surface area contributed by atoms with E-state index < -0.39 is 0 Å². The third kappa shape index (κ3) is 957. The van der Waals surface area contributed by atoms with Crippen LogP contribution >= 0.6 is 0 Å². The lowest BCUT2D eigenvalue weighted by atomic mass is 10.1. The van der Waals surface area contributed by atoms with Crippen molar-refractivity contribution in [1.29, 1.82) is 0 Å². The minimum absolute atomic E-state index is 0. The number of carbonyl (C=O) groups is 1. The van der Waals surface area contributed by atoms with E-state index in [9.17, 15) is 4.79 Å². The first-order valence-corrected chi connectivity index (χ1v) is 15.3. The molecule has 0 bridgehead atoms. The van der Waals surface area contributed by atoms with Gasteiger partial charge >= 0.3 is 0 Å². The van der Waals surface area contributed by atoms with Gasteiger partial charge in [-0.1, -0.05) is 237 Å². The number of carbonyl (C=O) groups excluding carboxylic acids is 1. The van der Waals surface area contributed by atoms with Crippen molar-refractivity contribution < 1.29 is 4.79 Å². The molecule has 0 aliphatic rings. The third-order valence-corrected chi connectivity index (χ3v) is 1.81. The van der Waals surface area contributed by atoms with Gasteiger partial charge in [-0.3, -0.25) is 4.79 Å². The fourth-order valence-electron chi connectivity index (χ4n) is 0.408. The average molecular weight is 609 g/mol. The lowest BCUT2D eigenvalue weighted by molar-refractivity contribution is -0.121. The molecular formula is C40H112O. The first kappa shape index (κ1) is 114. The quantitative estimate of drug-likeness (QED) is 0.311. The second kappa shape index (κ2) is 170. The van der Waals surface area contributed by atoms with Crippen LogP contribution in [0.5, 0.6) is 0 Å². The first-order valence-electron chi connectivity index (χ1n) is 15.3. The minimum Gasteiger partial charge on any atom is -0.299 e. The van der Waals surface area contributed by atoms with Crippen LogP contribution in [-0.2, 0) is 4.79 Å². The van der Waals surface area contributed by atoms with E-state index >= 15 is 0 Å². The van der Waals surface area contributed by atoms with E-state index in [-0.39, 0.29) is 57.9 Å². The zero-order valence-electron chi connectivity index (χ0n) is 30.0. The van der Waals surface area contributed by atoms with E-state index in [2.05, 4.69) is 90.0 Å². The van der Waals surface area contributed by atoms with Crippen molar-refractivity contribution in [2.75, 3.05) is 0 Å². The van der Waals surface area contributed by atoms with Crippen LogP contribution in [0.2, 0.25) is 0 Å². The maximum atomic E-state index is 10.5. The standard InChI is InChI=1S/C6H12O.C5H12.2C4H10.2C3H8.4C2H6.7CH4/c1-4-6(7)5(2)3;1-4-5(2)3;2*1-4(2)3;2*1-3-2;4*1-2;;;;;;;/h5H,4H2,1-3H3;5H,4H2,1-3H3;2*4H,1-3H3;2*3H2,1-2H3;4*1-2H3;7*1H4. The van der Waals surface area contributed by atoms with Crippen molar-refractivity contribution in [3.05, 3.63) is 0 Å². The highest BCUT2D eigenvalue weighted by atomic mass is 16.1. The van der Waals surface area contributed by atoms with Gasteiger partial charge in [-0.2, -0.15) is 0 Å². The predicted molar refractivity (Wildman–Crippen MR) is 221 cm³/mol. The fraction of sp³-hybridized carbons (Fsp3) is 0.975. The normalized spacial score (nSPS) is 6.05. The van der Waals surface area contributed by atoms with E-state index in [0.29, 0.717) is 12.2 Å². The Morgan fingerprint density at radius 3 is 0.512 bits per heavy atom. The zero-order valence-corrected chi connectivity index (χ0v) is 30.0. The second-order valence-corrected chi connectivity index (χ2v) is 8.65. The highest BCUT2D eigenvalue weighted by Crippen LogP contribution is 1.95. The summed E-state index contributed by atoms with van der Waals surface area (Å²) < 4.78 is 0. The van der Waals surface area contributed by atoms with Gasteiger partial charge in [-0.15, -0.1) is 0 Å². The number of hydrogen-bond donors (Lipinski definition) is 0. The highest BCUT2D eigenvalue weighted by molar-refractivity contribution is 5.79. The molecule has 0 radical (unpaired) electrons. The molecule has 1 nitrogen and oxygen atoms in total. The summed E-state index contributed by atoms with van der Waals surface area (Å²) in [5.41, 5.74) is 0. The Bertz CT molecular complexity index is 177. The maximum absolute atomic E-state index is 10.5. The van der Waals surface area contributed by atoms with Crippen LogP contribution in [0.1, 0.15) is 244 Å². The van der Waals surface area contributed by atoms with E-state index in [0.717, 1.165) is 17.8 Å². The Morgan fingerprint density at radius 2 is 0.512 bits per heavy atom. The molecule has 0 aromatic rings. The summed E-state index contributed by atoms with van der Waals surface area (Å²) in [5.74, 6) is 3.12. The summed E-state index contributed by atoms with van der Waals surface area (Å²) in [6.07, 6.45) is 4.48. The van der Waals surface area contributed by atoms with Crippen LogP contribution < -0.4 is 0 Å². The molecule has 0 amide bonds. The SMILES string of the molecule is C.C.C.C.C.C.C.CC.CC.CC.CC.CC(C)C.CC(C)C.CCC.CCC.CCC(=O)C(C)C.CCC(C)C. The Balaban J connectivity index is -0.0000000105. The number of hydrogen-bond acceptors (Lipinski definition) is 1. The van der Waals surface area contributed by atoms with E-state index in [1.165, 1.54) is 19.3 Å². The lowest BCUT2D eigenvalue weighted by Gasteiger charge is -1.96. The molecule has 1 heteroatoms. The van der Waals surface area contributed by atoms with Crippen LogP contribution in [0.3, 0.4) is 0 Å². The minimum atomic E-state index is 0. The van der Waals surface area contributed by atoms with Gasteiger partial charge in [0.25, 0.3) is 0 Å². The fourth-order valence-corrected chi connectivity index (χ4v) is 0.408. The molecule has 0 aliphatic carbocycles. The van der Waals surface area contributed by atoms with Gasteiger partial charge in [0.1, 0.15) is 5.78 Å². The topological polar surface area (TPSA) is 17.1 Å². The lowest BCUT2D eigenvalue weighted by Crippen LogP contribution is -2.03. The summed E-state index contributed by atoms with van der Waals surface area (Å²) in [7, 11) is 0. The van der Waals surface area contributed by atoms with Gasteiger partial charge < -0.3 is 0 Å². The Kier molecular flexibility index (Phi) is 474. The largest absolute Gasteiger partial charge is 0.299 e. The molecule has 0 aliphatic heterocycles. The Hall–Kier alpha value is -0.330. The predicted octanol–water partition coefficient (Wildman–Crippen LogP) is 18.4. The Morgan fingerprint density at radius 1 is 0.415 bits per heavy atom. The van der Waals surface area contributed by atoms with Gasteiger partial charge in [-0.05, 0) is 17.8 Å². The molecule has 41 heavy (non-hydrogen) atoms. The van der Waals surface area contributed by atoms with Crippen molar-refractivity contribution in [3.63, 3.8) is 0 Å². The molecule has 0 atom stereocenters. The van der Waals surface area contributed by atoms with Crippen LogP contribution in [0.25, 0.3) is 0 Å². The Labute approximate surface area is 277 Å². The van der Waals surface area contributed by atoms with Crippen molar-refractivity contribution >= 4 is 5.78 Å². The highest BCUT2D eigenvalue weighted by Gasteiger charge is 2.00. The van der Waals surface area contributed by atoms with Crippen LogP contribution in [0.15, 0.2) is 0 Å². The summed E-state index contributed by atoms with van der Waals surface area (Å²) in [6.45, 7) is 49.9. The summed E-state index contributed by atoms with van der Waals surface area (Å²) in [6, 6.07) is 0. The van der Waals surface area contributed by atoms with Gasteiger partial charge in [0.15, 0.2) is 0 Å². The zero-order chi connectivity index (χ0) is 30.7. The monoisotopic (exact) mass is 609 g/mol. The smallest absolute Gasteiger partial charge is 0.135 e. The van der Waals surface area contributed by atoms with Gasteiger partial charge in [0, 0.05) is 12.3 Å². The number of ketones is 1. The summed E-state index contributed by atoms with van der Waals surface area (Å²) in [4.78, 5) is 10.5. The van der Waals surface area contributed by atoms with Crippen molar-refractivity contribution in [3.8, 4) is 0 Å². The van der Waals surface area contributed by atoms with Crippen molar-refractivity contribution in [2.24, 2.45) is 23.7 Å². The van der Waals surface area contributed by atoms with E-state index in [1.807, 2.05) is 76.2 Å². The molecular weight excluding hydrogens is 496 g/mol. The van der Waals surface area contributed by atoms with Crippen molar-refractivity contribution in [1.82, 2.24) is 0 Å². The van der Waals surface area contributed by atoms with E-state index in [4.69, 9.17) is 0 Å². The first-order chi connectivity index (χ1) is 15.7. The average Bonchev–Trinajstić information content (AvgIpc) is 2.79. The molecule has 278 valence electrons. The third-order valence-electron chi connectivity index (χ3n) is 1.81. The van der Waals surface area contributed by atoms with Crippen molar-refractivity contribution in [2.45, 2.75) is 244 Å². The van der Waals surface area contributed by atoms with Crippen LogP contribution in [0.4, 0.5) is 0 Å². The molecule has 0 aromatic heterocycles. The van der Waals surface area contributed by atoms with Gasteiger partial charge in [-0.25, -0.2) is 0 Å². The molecule has 0 rings (SSSR count). The number of Topliss-reactive ketones (excluding diaryl/α,β-unsaturated/α-hetero) is 1. The second-order valence-electron chi connectivity index (χ2n) is 8.65. The van der Waals surface area contributed by atoms with Crippen LogP contribution in [-0.4, -0.2) is 5.78 Å². The molecule has 0 heterocycles. The number of rotatable bonds is 3. The summed E-state index contributed by atoms with van der Waals surface area (Å²) >= 11 is 0. The maximum Gasteiger partial charge on any atom is 0.135 e. The van der Waals surface area contributed by atoms with Gasteiger partial charge in [0.2, 0.25) is 0 Å². The van der Waals surface area contributed by atoms with E-state index in [1.54, 1.807) is 0 Å². The van der Waals surface area contributed by atoms with Crippen LogP contribution in [0, 0.1) is 23.7 Å².